The first-order valence-electron chi connectivity index (χ1n) is 12.4. The second kappa shape index (κ2) is 8.30. The van der Waals surface area contributed by atoms with Crippen LogP contribution in [0.3, 0.4) is 0 Å². The summed E-state index contributed by atoms with van der Waals surface area (Å²) >= 11 is 0. The molecule has 0 N–H and O–H groups in total. The number of benzene rings is 3. The average Bonchev–Trinajstić information content (AvgIpc) is 3.70. The van der Waals surface area contributed by atoms with Crippen LogP contribution in [0, 0.1) is 6.92 Å². The van der Waals surface area contributed by atoms with Gasteiger partial charge in [0.2, 0.25) is 0 Å². The lowest BCUT2D eigenvalue weighted by Gasteiger charge is -2.44. The summed E-state index contributed by atoms with van der Waals surface area (Å²) in [6.45, 7) is 6.08. The molecule has 34 heavy (non-hydrogen) atoms. The van der Waals surface area contributed by atoms with Gasteiger partial charge in [-0.3, -0.25) is 19.4 Å². The lowest BCUT2D eigenvalue weighted by Crippen LogP contribution is -2.60. The van der Waals surface area contributed by atoms with Gasteiger partial charge in [0.1, 0.15) is 0 Å². The molecule has 1 aliphatic heterocycles. The number of hydrogen-bond donors (Lipinski definition) is 0. The summed E-state index contributed by atoms with van der Waals surface area (Å²) < 4.78 is 0. The number of nitrogens with zero attached hydrogens (tertiary/aromatic N) is 2. The molecular weight excluding hydrogens is 420 g/mol. The summed E-state index contributed by atoms with van der Waals surface area (Å²) in [5.41, 5.74) is 4.61. The average molecular weight is 451 g/mol. The minimum atomic E-state index is -1.25. The smallest absolute Gasteiger partial charge is 0.196 e. The molecule has 1 saturated carbocycles. The number of carbonyl (C=O) groups excluding carboxylic acids is 2. The molecule has 3 aromatic carbocycles. The van der Waals surface area contributed by atoms with Crippen LogP contribution in [-0.2, 0) is 12.1 Å². The monoisotopic (exact) mass is 450 g/mol. The molecule has 2 fully saturated rings. The van der Waals surface area contributed by atoms with E-state index >= 15 is 0 Å². The van der Waals surface area contributed by atoms with Gasteiger partial charge in [0, 0.05) is 43.9 Å². The van der Waals surface area contributed by atoms with E-state index in [1.165, 1.54) is 29.5 Å². The Bertz CT molecular complexity index is 1230. The third kappa shape index (κ3) is 3.36. The topological polar surface area (TPSA) is 40.6 Å². The SMILES string of the molecule is Cc1ccccc1CN1CCN(C2(c3cccc(C4CC4)c3)C(=O)c3ccccc3C2=O)CC1. The predicted octanol–water partition coefficient (Wildman–Crippen LogP) is 4.96. The second-order valence-electron chi connectivity index (χ2n) is 10.0. The van der Waals surface area contributed by atoms with Crippen molar-refractivity contribution in [1.82, 2.24) is 9.80 Å². The maximum atomic E-state index is 14.1. The van der Waals surface area contributed by atoms with Gasteiger partial charge in [-0.1, -0.05) is 72.8 Å². The number of piperazine rings is 1. The molecule has 0 unspecified atom stereocenters. The van der Waals surface area contributed by atoms with Gasteiger partial charge in [0.15, 0.2) is 17.1 Å². The van der Waals surface area contributed by atoms with Crippen molar-refractivity contribution >= 4 is 11.6 Å². The fraction of sp³-hybridized carbons (Fsp3) is 0.333. The largest absolute Gasteiger partial charge is 0.297 e. The van der Waals surface area contributed by atoms with Crippen molar-refractivity contribution in [3.05, 3.63) is 106 Å². The maximum absolute atomic E-state index is 14.1. The minimum Gasteiger partial charge on any atom is -0.297 e. The van der Waals surface area contributed by atoms with Crippen LogP contribution in [0.15, 0.2) is 72.8 Å². The van der Waals surface area contributed by atoms with Crippen LogP contribution in [0.2, 0.25) is 0 Å². The van der Waals surface area contributed by atoms with Crippen molar-refractivity contribution in [2.75, 3.05) is 26.2 Å². The molecular formula is C30H30N2O2. The van der Waals surface area contributed by atoms with E-state index in [2.05, 4.69) is 53.1 Å². The molecule has 0 spiro atoms. The van der Waals surface area contributed by atoms with Gasteiger partial charge in [-0.2, -0.15) is 0 Å². The highest BCUT2D eigenvalue weighted by Gasteiger charge is 2.58. The van der Waals surface area contributed by atoms with Crippen LogP contribution in [0.1, 0.15) is 61.7 Å². The fourth-order valence-corrected chi connectivity index (χ4v) is 5.81. The lowest BCUT2D eigenvalue weighted by atomic mass is 9.81. The number of fused-ring (bicyclic) bond motifs is 1. The first-order chi connectivity index (χ1) is 16.6. The third-order valence-electron chi connectivity index (χ3n) is 7.93. The molecule has 4 nitrogen and oxygen atoms in total. The molecule has 1 heterocycles. The molecule has 0 amide bonds. The summed E-state index contributed by atoms with van der Waals surface area (Å²) in [6, 6.07) is 24.2. The summed E-state index contributed by atoms with van der Waals surface area (Å²) in [5, 5.41) is 0. The Kier molecular flexibility index (Phi) is 5.23. The van der Waals surface area contributed by atoms with Gasteiger partial charge < -0.3 is 0 Å². The molecule has 3 aromatic rings. The highest BCUT2D eigenvalue weighted by molar-refractivity contribution is 6.32. The summed E-state index contributed by atoms with van der Waals surface area (Å²) in [4.78, 5) is 32.7. The Hall–Kier alpha value is -3.08. The molecule has 0 radical (unpaired) electrons. The Balaban J connectivity index is 1.35. The normalized spacial score (nSPS) is 20.5. The van der Waals surface area contributed by atoms with Crippen LogP contribution in [0.5, 0.6) is 0 Å². The molecule has 3 aliphatic rings. The van der Waals surface area contributed by atoms with Crippen molar-refractivity contribution in [3.8, 4) is 0 Å². The highest BCUT2D eigenvalue weighted by Crippen LogP contribution is 2.46. The molecule has 4 heteroatoms. The van der Waals surface area contributed by atoms with E-state index in [1.54, 1.807) is 0 Å². The number of ketones is 2. The second-order valence-corrected chi connectivity index (χ2v) is 10.0. The van der Waals surface area contributed by atoms with Crippen LogP contribution in [0.4, 0.5) is 0 Å². The molecule has 1 saturated heterocycles. The first kappa shape index (κ1) is 21.5. The van der Waals surface area contributed by atoms with Crippen molar-refractivity contribution in [1.29, 1.82) is 0 Å². The number of carbonyl (C=O) groups is 2. The Labute approximate surface area is 201 Å². The number of Topliss-reactive ketones (excluding diaryl/α,β-unsaturated/α-hetero) is 2. The zero-order valence-electron chi connectivity index (χ0n) is 19.7. The Morgan fingerprint density at radius 3 is 2.09 bits per heavy atom. The molecule has 0 aromatic heterocycles. The molecule has 2 aliphatic carbocycles. The van der Waals surface area contributed by atoms with Gasteiger partial charge in [0.05, 0.1) is 0 Å². The van der Waals surface area contributed by atoms with Crippen LogP contribution in [0.25, 0.3) is 0 Å². The fourth-order valence-electron chi connectivity index (χ4n) is 5.81. The lowest BCUT2D eigenvalue weighted by molar-refractivity contribution is 0.0279. The van der Waals surface area contributed by atoms with E-state index in [9.17, 15) is 9.59 Å². The molecule has 0 atom stereocenters. The van der Waals surface area contributed by atoms with E-state index in [0.717, 1.165) is 25.2 Å². The van der Waals surface area contributed by atoms with Crippen molar-refractivity contribution < 1.29 is 9.59 Å². The quantitative estimate of drug-likeness (QED) is 0.515. The molecule has 6 rings (SSSR count). The highest BCUT2D eigenvalue weighted by atomic mass is 16.2. The Morgan fingerprint density at radius 1 is 0.794 bits per heavy atom. The van der Waals surface area contributed by atoms with Crippen molar-refractivity contribution in [2.24, 2.45) is 0 Å². The summed E-state index contributed by atoms with van der Waals surface area (Å²) in [7, 11) is 0. The van der Waals surface area contributed by atoms with Crippen molar-refractivity contribution in [3.63, 3.8) is 0 Å². The number of aryl methyl sites for hydroxylation is 1. The third-order valence-corrected chi connectivity index (χ3v) is 7.93. The van der Waals surface area contributed by atoms with Gasteiger partial charge >= 0.3 is 0 Å². The van der Waals surface area contributed by atoms with Crippen LogP contribution >= 0.6 is 0 Å². The standard InChI is InChI=1S/C30H30N2O2/c1-21-7-2-3-8-24(21)20-31-15-17-32(18-16-31)30(25-10-6-9-23(19-25)22-13-14-22)28(33)26-11-4-5-12-27(26)29(30)34/h2-12,19,22H,13-18,20H2,1H3. The van der Waals surface area contributed by atoms with Gasteiger partial charge in [-0.05, 0) is 47.9 Å². The minimum absolute atomic E-state index is 0.0617. The van der Waals surface area contributed by atoms with E-state index in [0.29, 0.717) is 30.1 Å². The van der Waals surface area contributed by atoms with E-state index < -0.39 is 5.54 Å². The first-order valence-corrected chi connectivity index (χ1v) is 12.4. The predicted molar refractivity (Wildman–Crippen MR) is 133 cm³/mol. The van der Waals surface area contributed by atoms with Gasteiger partial charge in [-0.15, -0.1) is 0 Å². The van der Waals surface area contributed by atoms with Crippen LogP contribution < -0.4 is 0 Å². The van der Waals surface area contributed by atoms with Crippen LogP contribution in [-0.4, -0.2) is 47.5 Å². The van der Waals surface area contributed by atoms with E-state index in [1.807, 2.05) is 36.4 Å². The Morgan fingerprint density at radius 2 is 1.44 bits per heavy atom. The number of hydrogen-bond acceptors (Lipinski definition) is 4. The molecule has 0 bridgehead atoms. The zero-order valence-corrected chi connectivity index (χ0v) is 19.7. The van der Waals surface area contributed by atoms with E-state index in [-0.39, 0.29) is 11.6 Å². The zero-order chi connectivity index (χ0) is 23.3. The number of rotatable bonds is 5. The summed E-state index contributed by atoms with van der Waals surface area (Å²) in [5.74, 6) is 0.443. The van der Waals surface area contributed by atoms with E-state index in [4.69, 9.17) is 0 Å². The van der Waals surface area contributed by atoms with Gasteiger partial charge in [-0.25, -0.2) is 0 Å². The maximum Gasteiger partial charge on any atom is 0.196 e. The molecule has 172 valence electrons. The summed E-state index contributed by atoms with van der Waals surface area (Å²) in [6.07, 6.45) is 2.38. The van der Waals surface area contributed by atoms with Crippen molar-refractivity contribution in [2.45, 2.75) is 37.8 Å². The van der Waals surface area contributed by atoms with Gasteiger partial charge in [0.25, 0.3) is 0 Å².